The van der Waals surface area contributed by atoms with Gasteiger partial charge >= 0.3 is 0 Å². The van der Waals surface area contributed by atoms with Crippen LogP contribution in [0.5, 0.6) is 0 Å². The maximum Gasteiger partial charge on any atom is 0.253 e. The largest absolute Gasteiger partial charge is 0.386 e. The number of carbonyl (C=O) groups is 1. The lowest BCUT2D eigenvalue weighted by Gasteiger charge is -2.20. The van der Waals surface area contributed by atoms with Gasteiger partial charge in [-0.1, -0.05) is 12.1 Å². The van der Waals surface area contributed by atoms with Crippen molar-refractivity contribution in [2.45, 2.75) is 19.1 Å². The fourth-order valence-electron chi connectivity index (χ4n) is 1.83. The minimum absolute atomic E-state index is 0.189. The highest BCUT2D eigenvalue weighted by molar-refractivity contribution is 5.94. The number of aromatic nitrogens is 1. The number of nitrogens with one attached hydrogen (secondary N) is 1. The van der Waals surface area contributed by atoms with Crippen LogP contribution in [0.2, 0.25) is 0 Å². The molecular formula is C15H14F2N2O2. The van der Waals surface area contributed by atoms with Gasteiger partial charge in [-0.3, -0.25) is 4.79 Å². The van der Waals surface area contributed by atoms with Crippen LogP contribution >= 0.6 is 0 Å². The molecule has 0 bridgehead atoms. The highest BCUT2D eigenvalue weighted by atomic mass is 19.1. The maximum absolute atomic E-state index is 12.8. The third kappa shape index (κ3) is 3.82. The van der Waals surface area contributed by atoms with Gasteiger partial charge in [-0.25, -0.2) is 9.37 Å². The lowest BCUT2D eigenvalue weighted by atomic mass is 10.0. The first-order chi connectivity index (χ1) is 9.97. The average Bonchev–Trinajstić information content (AvgIpc) is 2.47. The van der Waals surface area contributed by atoms with Crippen LogP contribution < -0.4 is 5.32 Å². The van der Waals surface area contributed by atoms with Gasteiger partial charge in [0.05, 0.1) is 17.7 Å². The lowest BCUT2D eigenvalue weighted by Crippen LogP contribution is -2.37. The first-order valence-corrected chi connectivity index (χ1v) is 6.33. The number of hydrogen-bond acceptors (Lipinski definition) is 3. The van der Waals surface area contributed by atoms with E-state index >= 15 is 0 Å². The maximum atomic E-state index is 12.8. The first-order valence-electron chi connectivity index (χ1n) is 6.33. The second-order valence-electron chi connectivity index (χ2n) is 4.63. The summed E-state index contributed by atoms with van der Waals surface area (Å²) >= 11 is 0. The quantitative estimate of drug-likeness (QED) is 0.849. The molecule has 6 heteroatoms. The molecule has 0 aliphatic heterocycles. The van der Waals surface area contributed by atoms with Crippen molar-refractivity contribution in [3.8, 4) is 0 Å². The van der Waals surface area contributed by atoms with Crippen LogP contribution in [0.15, 0.2) is 42.6 Å². The number of carbonyl (C=O) groups excluding carboxylic acids is 1. The number of aliphatic hydroxyl groups is 1. The Bertz CT molecular complexity index is 615. The van der Waals surface area contributed by atoms with E-state index in [9.17, 15) is 18.7 Å². The normalized spacial score (nSPS) is 13.5. The van der Waals surface area contributed by atoms with Gasteiger partial charge in [0.1, 0.15) is 5.82 Å². The topological polar surface area (TPSA) is 62.2 Å². The number of halogens is 2. The monoisotopic (exact) mass is 292 g/mol. The first kappa shape index (κ1) is 15.1. The molecule has 1 aromatic heterocycles. The van der Waals surface area contributed by atoms with Crippen molar-refractivity contribution in [2.75, 3.05) is 0 Å². The van der Waals surface area contributed by atoms with Gasteiger partial charge < -0.3 is 10.4 Å². The zero-order valence-corrected chi connectivity index (χ0v) is 11.3. The van der Waals surface area contributed by atoms with E-state index in [2.05, 4.69) is 10.3 Å². The molecule has 21 heavy (non-hydrogen) atoms. The zero-order valence-electron chi connectivity index (χ0n) is 11.3. The molecule has 2 atom stereocenters. The van der Waals surface area contributed by atoms with Gasteiger partial charge in [0.2, 0.25) is 5.95 Å². The van der Waals surface area contributed by atoms with Crippen molar-refractivity contribution in [3.63, 3.8) is 0 Å². The van der Waals surface area contributed by atoms with Crippen molar-refractivity contribution < 1.29 is 18.7 Å². The van der Waals surface area contributed by atoms with Crippen LogP contribution in [0.1, 0.15) is 28.9 Å². The molecule has 0 aliphatic rings. The highest BCUT2D eigenvalue weighted by Crippen LogP contribution is 2.17. The molecule has 0 radical (unpaired) electrons. The Morgan fingerprint density at radius 2 is 1.86 bits per heavy atom. The fraction of sp³-hybridized carbons (Fsp3) is 0.200. The van der Waals surface area contributed by atoms with E-state index in [-0.39, 0.29) is 5.56 Å². The second-order valence-corrected chi connectivity index (χ2v) is 4.63. The Labute approximate surface area is 120 Å². The minimum atomic E-state index is -0.983. The third-order valence-corrected chi connectivity index (χ3v) is 3.03. The van der Waals surface area contributed by atoms with Crippen LogP contribution in [-0.2, 0) is 0 Å². The van der Waals surface area contributed by atoms with Gasteiger partial charge in [0.15, 0.2) is 0 Å². The van der Waals surface area contributed by atoms with Gasteiger partial charge in [0, 0.05) is 6.20 Å². The number of nitrogens with zero attached hydrogens (tertiary/aromatic N) is 1. The Morgan fingerprint density at radius 1 is 1.19 bits per heavy atom. The second kappa shape index (κ2) is 6.41. The standard InChI is InChI=1S/C15H14F2N2O2/c1-9(14(20)10-2-5-12(16)6-3-10)19-15(21)11-4-7-13(17)18-8-11/h2-9,14,20H,1H3,(H,19,21). The number of rotatable bonds is 4. The predicted molar refractivity (Wildman–Crippen MR) is 72.5 cm³/mol. The predicted octanol–water partition coefficient (Wildman–Crippen LogP) is 2.21. The lowest BCUT2D eigenvalue weighted by molar-refractivity contribution is 0.0851. The van der Waals surface area contributed by atoms with Gasteiger partial charge in [0.25, 0.3) is 5.91 Å². The van der Waals surface area contributed by atoms with E-state index in [1.54, 1.807) is 6.92 Å². The van der Waals surface area contributed by atoms with E-state index in [4.69, 9.17) is 0 Å². The molecule has 2 rings (SSSR count). The van der Waals surface area contributed by atoms with Crippen molar-refractivity contribution >= 4 is 5.91 Å². The summed E-state index contributed by atoms with van der Waals surface area (Å²) in [7, 11) is 0. The Balaban J connectivity index is 2.03. The molecule has 0 fully saturated rings. The molecule has 0 aliphatic carbocycles. The Hall–Kier alpha value is -2.34. The summed E-state index contributed by atoms with van der Waals surface area (Å²) in [4.78, 5) is 15.3. The average molecular weight is 292 g/mol. The Morgan fingerprint density at radius 3 is 2.43 bits per heavy atom. The summed E-state index contributed by atoms with van der Waals surface area (Å²) < 4.78 is 25.5. The molecule has 1 amide bonds. The molecular weight excluding hydrogens is 278 g/mol. The van der Waals surface area contributed by atoms with E-state index in [0.717, 1.165) is 12.3 Å². The summed E-state index contributed by atoms with van der Waals surface area (Å²) in [6, 6.07) is 7.14. The van der Waals surface area contributed by atoms with Gasteiger partial charge in [-0.2, -0.15) is 4.39 Å². The summed E-state index contributed by atoms with van der Waals surface area (Å²) in [6.45, 7) is 1.61. The van der Waals surface area contributed by atoms with E-state index < -0.39 is 29.8 Å². The molecule has 0 saturated heterocycles. The number of benzene rings is 1. The summed E-state index contributed by atoms with van der Waals surface area (Å²) in [5, 5.41) is 12.7. The molecule has 0 spiro atoms. The van der Waals surface area contributed by atoms with Crippen molar-refractivity contribution in [1.82, 2.24) is 10.3 Å². The molecule has 1 aromatic carbocycles. The minimum Gasteiger partial charge on any atom is -0.386 e. The van der Waals surface area contributed by atoms with Crippen LogP contribution in [0.3, 0.4) is 0 Å². The number of amides is 1. The fourth-order valence-corrected chi connectivity index (χ4v) is 1.83. The number of hydrogen-bond donors (Lipinski definition) is 2. The third-order valence-electron chi connectivity index (χ3n) is 3.03. The molecule has 0 saturated carbocycles. The SMILES string of the molecule is CC(NC(=O)c1ccc(F)nc1)C(O)c1ccc(F)cc1. The molecule has 2 N–H and O–H groups in total. The van der Waals surface area contributed by atoms with Crippen LogP contribution in [0.25, 0.3) is 0 Å². The van der Waals surface area contributed by atoms with E-state index in [1.165, 1.54) is 30.3 Å². The molecule has 110 valence electrons. The summed E-state index contributed by atoms with van der Waals surface area (Å²) in [5.74, 6) is -1.55. The number of pyridine rings is 1. The molecule has 2 aromatic rings. The highest BCUT2D eigenvalue weighted by Gasteiger charge is 2.19. The Kier molecular flexibility index (Phi) is 4.59. The van der Waals surface area contributed by atoms with Crippen molar-refractivity contribution in [3.05, 3.63) is 65.5 Å². The molecule has 4 nitrogen and oxygen atoms in total. The zero-order chi connectivity index (χ0) is 15.4. The summed E-state index contributed by atoms with van der Waals surface area (Å²) in [5.41, 5.74) is 0.677. The van der Waals surface area contributed by atoms with Gasteiger partial charge in [-0.15, -0.1) is 0 Å². The van der Waals surface area contributed by atoms with Crippen molar-refractivity contribution in [2.24, 2.45) is 0 Å². The number of aliphatic hydroxyl groups excluding tert-OH is 1. The van der Waals surface area contributed by atoms with Crippen molar-refractivity contribution in [1.29, 1.82) is 0 Å². The van der Waals surface area contributed by atoms with Crippen LogP contribution in [0, 0.1) is 11.8 Å². The van der Waals surface area contributed by atoms with Crippen LogP contribution in [-0.4, -0.2) is 22.0 Å². The van der Waals surface area contributed by atoms with E-state index in [0.29, 0.717) is 5.56 Å². The molecule has 2 unspecified atom stereocenters. The van der Waals surface area contributed by atoms with Crippen LogP contribution in [0.4, 0.5) is 8.78 Å². The van der Waals surface area contributed by atoms with E-state index in [1.807, 2.05) is 0 Å². The smallest absolute Gasteiger partial charge is 0.253 e. The van der Waals surface area contributed by atoms with Gasteiger partial charge in [-0.05, 0) is 36.8 Å². The molecule has 1 heterocycles. The summed E-state index contributed by atoms with van der Waals surface area (Å²) in [6.07, 6.45) is 0.129.